The molecule has 2 aliphatic carbocycles. The summed E-state index contributed by atoms with van der Waals surface area (Å²) in [5.74, 6) is -4.50. The number of aliphatic carboxylic acids is 4. The summed E-state index contributed by atoms with van der Waals surface area (Å²) in [4.78, 5) is 106. The Hall–Kier alpha value is -8.04. The molecule has 0 unspecified atom stereocenters. The quantitative estimate of drug-likeness (QED) is 0.0306. The van der Waals surface area contributed by atoms with Gasteiger partial charge in [-0.1, -0.05) is 6.92 Å². The number of fused-ring (bicyclic) bond motifs is 1. The topological polar surface area (TPSA) is 320 Å². The molecule has 2 aliphatic rings. The van der Waals surface area contributed by atoms with Crippen molar-refractivity contribution in [1.82, 2.24) is 4.90 Å². The van der Waals surface area contributed by atoms with Crippen molar-refractivity contribution in [3.05, 3.63) is 86.3 Å². The van der Waals surface area contributed by atoms with Crippen LogP contribution in [0.25, 0.3) is 11.0 Å². The number of carbonyl (C=O) groups is 5. The van der Waals surface area contributed by atoms with Crippen LogP contribution in [0.3, 0.4) is 0 Å². The average molecular weight is 991 g/mol. The maximum atomic E-state index is 13.4. The van der Waals surface area contributed by atoms with E-state index in [-0.39, 0.29) is 83.1 Å². The number of carboxylic acids is 4. The number of carboxylic acid groups (broad SMARTS) is 4. The summed E-state index contributed by atoms with van der Waals surface area (Å²) in [6.07, 6.45) is 3.19. The number of rotatable bonds is 24. The minimum Gasteiger partial charge on any atom is -0.497 e. The number of likely N-dealkylation sites (N-methyl/N-ethyl adjacent to an activating group) is 2. The van der Waals surface area contributed by atoms with Crippen molar-refractivity contribution >= 4 is 63.8 Å². The van der Waals surface area contributed by atoms with Crippen molar-refractivity contribution in [2.24, 2.45) is 5.92 Å². The van der Waals surface area contributed by atoms with Crippen molar-refractivity contribution < 1.29 is 82.3 Å². The minimum absolute atomic E-state index is 0.0196. The molecule has 0 aliphatic heterocycles. The number of benzene rings is 3. The number of anilines is 2. The molecule has 6 rings (SSSR count). The van der Waals surface area contributed by atoms with Crippen LogP contribution in [0.1, 0.15) is 74.2 Å². The second-order valence-electron chi connectivity index (χ2n) is 17.0. The summed E-state index contributed by atoms with van der Waals surface area (Å²) < 4.78 is 29.7. The average Bonchev–Trinajstić information content (AvgIpc) is 3.75. The molecule has 0 bridgehead atoms. The lowest BCUT2D eigenvalue weighted by molar-refractivity contribution is -0.385. The van der Waals surface area contributed by atoms with Crippen LogP contribution in [0.4, 0.5) is 17.1 Å². The Balaban J connectivity index is 0.00000305. The normalized spacial score (nSPS) is 17.2. The van der Waals surface area contributed by atoms with Crippen LogP contribution in [-0.4, -0.2) is 131 Å². The fourth-order valence-corrected chi connectivity index (χ4v) is 8.88. The van der Waals surface area contributed by atoms with Gasteiger partial charge in [-0.25, -0.2) is 4.79 Å². The smallest absolute Gasteiger partial charge is 0.373 e. The van der Waals surface area contributed by atoms with Crippen LogP contribution in [0.5, 0.6) is 23.0 Å². The number of Topliss-reactive ketones (excluding diaryl/α,β-unsaturated/α-hetero) is 1. The Morgan fingerprint density at radius 1 is 0.775 bits per heavy atom. The molecule has 4 aromatic rings. The molecule has 23 heteroatoms. The highest BCUT2D eigenvalue weighted by atomic mass is 16.6. The molecule has 0 saturated heterocycles. The van der Waals surface area contributed by atoms with E-state index in [2.05, 4.69) is 0 Å². The Bertz CT molecular complexity index is 2680. The number of methoxy groups -OCH3 is 1. The number of carbonyl (C=O) groups excluding carboxylic acids is 3. The zero-order chi connectivity index (χ0) is 51.9. The van der Waals surface area contributed by atoms with Crippen LogP contribution in [-0.2, 0) is 35.4 Å². The fourth-order valence-electron chi connectivity index (χ4n) is 8.88. The van der Waals surface area contributed by atoms with Gasteiger partial charge in [0.2, 0.25) is 0 Å². The lowest BCUT2D eigenvalue weighted by Gasteiger charge is -2.35. The van der Waals surface area contributed by atoms with Gasteiger partial charge < -0.3 is 53.6 Å². The maximum Gasteiger partial charge on any atom is 0.373 e. The van der Waals surface area contributed by atoms with Gasteiger partial charge in [-0.3, -0.25) is 39.0 Å². The van der Waals surface area contributed by atoms with E-state index in [1.54, 1.807) is 31.3 Å². The standard InChI is InChI=1S/C47H54N4O17.CO2/c1-4-49(23-44(55)56)30-11-8-27(9-12-30)16-37(52)33-17-28-10-13-32(20-40(28)68-47(33)61)65-26-29-18-36(50(24-45(57)58)25-46(59)60)42(21-35(29)51(62)63)67-39-7-5-6-38(39)66-41-19-31(64-3)14-15-34(41)48(2)22-43(53)54;2-1-3/h10,13-15,17-21,27,30,38-39H,4-9,11-12,16,22-26H2,1-3H3,(H,53,54)(H,55,56)(H,57,58)(H,59,60);/t27?,30?,38-,39+;/m1./s1. The van der Waals surface area contributed by atoms with E-state index in [1.807, 2.05) is 11.8 Å². The number of hydrogen-bond donors (Lipinski definition) is 4. The van der Waals surface area contributed by atoms with Crippen LogP contribution in [0, 0.1) is 16.0 Å². The molecule has 2 atom stereocenters. The third kappa shape index (κ3) is 14.7. The SMILES string of the molecule is CCN(CC(=O)O)C1CCC(CC(=O)c2cc3ccc(OCc4cc(N(CC(=O)O)CC(=O)O)c(O[C@H]5CCC[C@H]5Oc5cc(OC)ccc5N(C)CC(=O)O)cc4[N+](=O)[O-])cc3oc2=O)CC1.O=C=O. The van der Waals surface area contributed by atoms with E-state index in [4.69, 9.17) is 33.0 Å². The van der Waals surface area contributed by atoms with E-state index in [0.717, 1.165) is 23.8 Å². The zero-order valence-corrected chi connectivity index (χ0v) is 39.1. The minimum atomic E-state index is -1.39. The molecule has 1 aromatic heterocycles. The predicted octanol–water partition coefficient (Wildman–Crippen LogP) is 5.12. The Kier molecular flexibility index (Phi) is 19.0. The molecule has 3 aromatic carbocycles. The molecule has 380 valence electrons. The monoisotopic (exact) mass is 990 g/mol. The van der Waals surface area contributed by atoms with Crippen molar-refractivity contribution in [3.63, 3.8) is 0 Å². The summed E-state index contributed by atoms with van der Waals surface area (Å²) >= 11 is 0. The summed E-state index contributed by atoms with van der Waals surface area (Å²) in [5.41, 5.74) is -1.14. The van der Waals surface area contributed by atoms with Crippen LogP contribution >= 0.6 is 0 Å². The summed E-state index contributed by atoms with van der Waals surface area (Å²) in [6, 6.07) is 13.1. The van der Waals surface area contributed by atoms with Gasteiger partial charge in [0.1, 0.15) is 72.6 Å². The van der Waals surface area contributed by atoms with E-state index in [1.165, 1.54) is 36.3 Å². The van der Waals surface area contributed by atoms with Crippen molar-refractivity contribution in [2.75, 3.05) is 56.7 Å². The summed E-state index contributed by atoms with van der Waals surface area (Å²) in [5, 5.41) is 51.3. The third-order valence-corrected chi connectivity index (χ3v) is 12.2. The van der Waals surface area contributed by atoms with Crippen LogP contribution in [0.2, 0.25) is 0 Å². The van der Waals surface area contributed by atoms with Gasteiger partial charge in [-0.2, -0.15) is 9.59 Å². The van der Waals surface area contributed by atoms with Gasteiger partial charge in [0.25, 0.3) is 5.69 Å². The lowest BCUT2D eigenvalue weighted by Crippen LogP contribution is -2.41. The van der Waals surface area contributed by atoms with Gasteiger partial charge >= 0.3 is 35.7 Å². The van der Waals surface area contributed by atoms with Gasteiger partial charge in [0.15, 0.2) is 5.78 Å². The second-order valence-corrected chi connectivity index (χ2v) is 17.0. The number of hydrogen-bond acceptors (Lipinski definition) is 18. The third-order valence-electron chi connectivity index (χ3n) is 12.2. The molecular formula is C48H54N4O19. The molecule has 0 spiro atoms. The molecule has 4 N–H and O–H groups in total. The van der Waals surface area contributed by atoms with Crippen molar-refractivity contribution in [1.29, 1.82) is 0 Å². The molecule has 2 saturated carbocycles. The number of ether oxygens (including phenoxy) is 4. The predicted molar refractivity (Wildman–Crippen MR) is 249 cm³/mol. The molecule has 0 amide bonds. The number of nitro benzene ring substituents is 1. The molecule has 1 heterocycles. The van der Waals surface area contributed by atoms with E-state index >= 15 is 0 Å². The first kappa shape index (κ1) is 53.9. The summed E-state index contributed by atoms with van der Waals surface area (Å²) in [7, 11) is 3.03. The Morgan fingerprint density at radius 3 is 1.93 bits per heavy atom. The maximum absolute atomic E-state index is 13.4. The van der Waals surface area contributed by atoms with Gasteiger partial charge in [-0.15, -0.1) is 0 Å². The first-order valence-electron chi connectivity index (χ1n) is 22.5. The highest BCUT2D eigenvalue weighted by molar-refractivity contribution is 5.98. The van der Waals surface area contributed by atoms with E-state index < -0.39 is 72.0 Å². The first-order valence-corrected chi connectivity index (χ1v) is 22.5. The highest BCUT2D eigenvalue weighted by Gasteiger charge is 2.35. The molecule has 2 fully saturated rings. The highest BCUT2D eigenvalue weighted by Crippen LogP contribution is 2.41. The molecule has 23 nitrogen and oxygen atoms in total. The van der Waals surface area contributed by atoms with E-state index in [9.17, 15) is 59.3 Å². The molecule has 71 heavy (non-hydrogen) atoms. The number of ketones is 1. The van der Waals surface area contributed by atoms with Gasteiger partial charge in [0.05, 0.1) is 41.6 Å². The van der Waals surface area contributed by atoms with Gasteiger partial charge in [0, 0.05) is 37.0 Å². The van der Waals surface area contributed by atoms with Crippen molar-refractivity contribution in [3.8, 4) is 23.0 Å². The van der Waals surface area contributed by atoms with Crippen LogP contribution in [0.15, 0.2) is 63.8 Å². The second kappa shape index (κ2) is 25.0. The van der Waals surface area contributed by atoms with Gasteiger partial charge in [-0.05, 0) is 93.8 Å². The Labute approximate surface area is 405 Å². The number of nitrogens with zero attached hydrogens (tertiary/aromatic N) is 4. The van der Waals surface area contributed by atoms with E-state index in [0.29, 0.717) is 55.5 Å². The lowest BCUT2D eigenvalue weighted by atomic mass is 9.82. The first-order chi connectivity index (χ1) is 33.8. The number of nitro groups is 1. The molecular weight excluding hydrogens is 937 g/mol. The molecule has 0 radical (unpaired) electrons. The van der Waals surface area contributed by atoms with Crippen LogP contribution < -0.4 is 34.4 Å². The zero-order valence-electron chi connectivity index (χ0n) is 39.1. The van der Waals surface area contributed by atoms with Crippen molar-refractivity contribution in [2.45, 2.75) is 83.1 Å². The fraction of sp³-hybridized carbons (Fsp3) is 0.438. The largest absolute Gasteiger partial charge is 0.497 e. The summed E-state index contributed by atoms with van der Waals surface area (Å²) in [6.45, 7) is -0.0196. The Morgan fingerprint density at radius 2 is 1.37 bits per heavy atom.